The van der Waals surface area contributed by atoms with Crippen LogP contribution in [0.2, 0.25) is 0 Å². The van der Waals surface area contributed by atoms with Crippen molar-refractivity contribution in [2.75, 3.05) is 12.4 Å². The zero-order valence-corrected chi connectivity index (χ0v) is 13.0. The maximum Gasteiger partial charge on any atom is 0.124 e. The Balaban J connectivity index is 2.20. The number of hydrogen-bond acceptors (Lipinski definition) is 2. The molecule has 1 atom stereocenters. The molecule has 2 nitrogen and oxygen atoms in total. The van der Waals surface area contributed by atoms with Gasteiger partial charge in [-0.1, -0.05) is 40.2 Å². The minimum atomic E-state index is 0.186. The number of halogens is 1. The van der Waals surface area contributed by atoms with Crippen LogP contribution in [0.25, 0.3) is 0 Å². The van der Waals surface area contributed by atoms with Gasteiger partial charge in [-0.3, -0.25) is 0 Å². The highest BCUT2D eigenvalue weighted by Crippen LogP contribution is 2.29. The van der Waals surface area contributed by atoms with Crippen LogP contribution in [0.4, 0.5) is 5.69 Å². The zero-order valence-electron chi connectivity index (χ0n) is 11.4. The summed E-state index contributed by atoms with van der Waals surface area (Å²) in [6.45, 7) is 4.21. The third-order valence-electron chi connectivity index (χ3n) is 3.16. The second-order valence-electron chi connectivity index (χ2n) is 4.57. The highest BCUT2D eigenvalue weighted by molar-refractivity contribution is 9.10. The van der Waals surface area contributed by atoms with Gasteiger partial charge in [0.1, 0.15) is 5.75 Å². The highest BCUT2D eigenvalue weighted by Gasteiger charge is 2.10. The SMILES string of the molecule is COc1ccccc1C(C)Nc1ccc(C)c(Br)c1. The van der Waals surface area contributed by atoms with Gasteiger partial charge in [-0.15, -0.1) is 0 Å². The molecule has 0 aliphatic heterocycles. The summed E-state index contributed by atoms with van der Waals surface area (Å²) in [4.78, 5) is 0. The molecule has 3 heteroatoms. The van der Waals surface area contributed by atoms with Crippen LogP contribution in [0, 0.1) is 6.92 Å². The van der Waals surface area contributed by atoms with Crippen molar-refractivity contribution in [3.63, 3.8) is 0 Å². The number of anilines is 1. The second-order valence-corrected chi connectivity index (χ2v) is 5.43. The average molecular weight is 320 g/mol. The van der Waals surface area contributed by atoms with E-state index < -0.39 is 0 Å². The highest BCUT2D eigenvalue weighted by atomic mass is 79.9. The van der Waals surface area contributed by atoms with Gasteiger partial charge in [-0.2, -0.15) is 0 Å². The topological polar surface area (TPSA) is 21.3 Å². The van der Waals surface area contributed by atoms with Crippen LogP contribution < -0.4 is 10.1 Å². The molecule has 0 spiro atoms. The number of hydrogen-bond donors (Lipinski definition) is 1. The van der Waals surface area contributed by atoms with E-state index in [1.54, 1.807) is 7.11 Å². The minimum Gasteiger partial charge on any atom is -0.496 e. The summed E-state index contributed by atoms with van der Waals surface area (Å²) >= 11 is 3.56. The van der Waals surface area contributed by atoms with Crippen LogP contribution in [0.3, 0.4) is 0 Å². The minimum absolute atomic E-state index is 0.186. The fourth-order valence-electron chi connectivity index (χ4n) is 2.03. The van der Waals surface area contributed by atoms with Crippen molar-refractivity contribution in [3.05, 3.63) is 58.1 Å². The molecule has 2 aromatic rings. The van der Waals surface area contributed by atoms with E-state index in [4.69, 9.17) is 4.74 Å². The quantitative estimate of drug-likeness (QED) is 0.861. The molecular formula is C16H18BrNO. The Kier molecular flexibility index (Phi) is 4.48. The molecule has 0 aromatic heterocycles. The largest absolute Gasteiger partial charge is 0.496 e. The number of para-hydroxylation sites is 1. The molecule has 0 amide bonds. The molecule has 0 bridgehead atoms. The smallest absolute Gasteiger partial charge is 0.124 e. The van der Waals surface area contributed by atoms with E-state index >= 15 is 0 Å². The fourth-order valence-corrected chi connectivity index (χ4v) is 2.41. The Hall–Kier alpha value is -1.48. The van der Waals surface area contributed by atoms with Gasteiger partial charge in [0.25, 0.3) is 0 Å². The first-order chi connectivity index (χ1) is 9.11. The van der Waals surface area contributed by atoms with E-state index in [2.05, 4.69) is 59.4 Å². The van der Waals surface area contributed by atoms with Crippen molar-refractivity contribution in [1.29, 1.82) is 0 Å². The first-order valence-corrected chi connectivity index (χ1v) is 7.06. The molecule has 2 rings (SSSR count). The molecule has 2 aromatic carbocycles. The molecule has 0 saturated carbocycles. The van der Waals surface area contributed by atoms with Gasteiger partial charge < -0.3 is 10.1 Å². The lowest BCUT2D eigenvalue weighted by molar-refractivity contribution is 0.408. The first kappa shape index (κ1) is 13.9. The number of nitrogens with one attached hydrogen (secondary N) is 1. The van der Waals surface area contributed by atoms with Crippen molar-refractivity contribution in [2.45, 2.75) is 19.9 Å². The third kappa shape index (κ3) is 3.29. The fraction of sp³-hybridized carbons (Fsp3) is 0.250. The van der Waals surface area contributed by atoms with Gasteiger partial charge in [-0.25, -0.2) is 0 Å². The van der Waals surface area contributed by atoms with Gasteiger partial charge in [0.2, 0.25) is 0 Å². The van der Waals surface area contributed by atoms with Crippen LogP contribution in [-0.4, -0.2) is 7.11 Å². The number of benzene rings is 2. The zero-order chi connectivity index (χ0) is 13.8. The van der Waals surface area contributed by atoms with Crippen LogP contribution in [0.15, 0.2) is 46.9 Å². The number of rotatable bonds is 4. The predicted octanol–water partition coefficient (Wildman–Crippen LogP) is 4.94. The number of aryl methyl sites for hydroxylation is 1. The first-order valence-electron chi connectivity index (χ1n) is 6.27. The summed E-state index contributed by atoms with van der Waals surface area (Å²) < 4.78 is 6.51. The average Bonchev–Trinajstić information content (AvgIpc) is 2.43. The molecule has 0 aliphatic rings. The van der Waals surface area contributed by atoms with E-state index in [1.165, 1.54) is 5.56 Å². The third-order valence-corrected chi connectivity index (χ3v) is 4.01. The van der Waals surface area contributed by atoms with E-state index in [0.717, 1.165) is 21.5 Å². The Bertz CT molecular complexity index is 568. The van der Waals surface area contributed by atoms with E-state index in [-0.39, 0.29) is 6.04 Å². The van der Waals surface area contributed by atoms with Crippen molar-refractivity contribution < 1.29 is 4.74 Å². The molecule has 1 N–H and O–H groups in total. The molecule has 1 unspecified atom stereocenters. The van der Waals surface area contributed by atoms with Gasteiger partial charge in [0.05, 0.1) is 13.2 Å². The predicted molar refractivity (Wildman–Crippen MR) is 83.9 cm³/mol. The summed E-state index contributed by atoms with van der Waals surface area (Å²) in [7, 11) is 1.70. The Labute approximate surface area is 122 Å². The van der Waals surface area contributed by atoms with Gasteiger partial charge >= 0.3 is 0 Å². The Morgan fingerprint density at radius 2 is 1.89 bits per heavy atom. The molecule has 0 aliphatic carbocycles. The molecule has 19 heavy (non-hydrogen) atoms. The summed E-state index contributed by atoms with van der Waals surface area (Å²) in [5.74, 6) is 0.911. The van der Waals surface area contributed by atoms with Crippen LogP contribution >= 0.6 is 15.9 Å². The van der Waals surface area contributed by atoms with Crippen LogP contribution in [-0.2, 0) is 0 Å². The van der Waals surface area contributed by atoms with Crippen molar-refractivity contribution in [3.8, 4) is 5.75 Å². The standard InChI is InChI=1S/C16H18BrNO/c1-11-8-9-13(10-15(11)17)18-12(2)14-6-4-5-7-16(14)19-3/h4-10,12,18H,1-3H3. The Morgan fingerprint density at radius 1 is 1.16 bits per heavy atom. The van der Waals surface area contributed by atoms with E-state index in [0.29, 0.717) is 0 Å². The lowest BCUT2D eigenvalue weighted by atomic mass is 10.1. The van der Waals surface area contributed by atoms with E-state index in [1.807, 2.05) is 18.2 Å². The van der Waals surface area contributed by atoms with Crippen molar-refractivity contribution >= 4 is 21.6 Å². The van der Waals surface area contributed by atoms with Crippen molar-refractivity contribution in [2.24, 2.45) is 0 Å². The lowest BCUT2D eigenvalue weighted by Crippen LogP contribution is -2.08. The number of ether oxygens (including phenoxy) is 1. The van der Waals surface area contributed by atoms with E-state index in [9.17, 15) is 0 Å². The lowest BCUT2D eigenvalue weighted by Gasteiger charge is -2.18. The van der Waals surface area contributed by atoms with Crippen LogP contribution in [0.1, 0.15) is 24.1 Å². The van der Waals surface area contributed by atoms with Crippen molar-refractivity contribution in [1.82, 2.24) is 0 Å². The van der Waals surface area contributed by atoms with Gasteiger partial charge in [0, 0.05) is 15.7 Å². The molecule has 0 fully saturated rings. The molecule has 0 radical (unpaired) electrons. The second kappa shape index (κ2) is 6.11. The summed E-state index contributed by atoms with van der Waals surface area (Å²) in [6.07, 6.45) is 0. The molecule has 0 saturated heterocycles. The van der Waals surface area contributed by atoms with Gasteiger partial charge in [0.15, 0.2) is 0 Å². The summed E-state index contributed by atoms with van der Waals surface area (Å²) in [6, 6.07) is 14.6. The maximum atomic E-state index is 5.40. The summed E-state index contributed by atoms with van der Waals surface area (Å²) in [5.41, 5.74) is 3.48. The Morgan fingerprint density at radius 3 is 2.58 bits per heavy atom. The van der Waals surface area contributed by atoms with Crippen LogP contribution in [0.5, 0.6) is 5.75 Å². The molecular weight excluding hydrogens is 302 g/mol. The normalized spacial score (nSPS) is 12.0. The monoisotopic (exact) mass is 319 g/mol. The summed E-state index contributed by atoms with van der Waals surface area (Å²) in [5, 5.41) is 3.49. The molecule has 0 heterocycles. The number of methoxy groups -OCH3 is 1. The van der Waals surface area contributed by atoms with Gasteiger partial charge in [-0.05, 0) is 37.6 Å². The molecule has 100 valence electrons. The maximum absolute atomic E-state index is 5.40.